The van der Waals surface area contributed by atoms with Crippen molar-refractivity contribution in [2.24, 2.45) is 7.05 Å². The van der Waals surface area contributed by atoms with Crippen LogP contribution in [0.2, 0.25) is 0 Å². The van der Waals surface area contributed by atoms with Crippen LogP contribution in [0.25, 0.3) is 0 Å². The van der Waals surface area contributed by atoms with Crippen molar-refractivity contribution in [3.63, 3.8) is 0 Å². The Hall–Kier alpha value is -1.97. The SMILES string of the molecule is Cc1cc(N)cc(NCCc2cnn(C)c2)c1. The summed E-state index contributed by atoms with van der Waals surface area (Å²) in [5.74, 6) is 0. The van der Waals surface area contributed by atoms with E-state index >= 15 is 0 Å². The van der Waals surface area contributed by atoms with Gasteiger partial charge in [-0.15, -0.1) is 0 Å². The second-order valence-electron chi connectivity index (χ2n) is 4.33. The first kappa shape index (κ1) is 11.5. The second-order valence-corrected chi connectivity index (χ2v) is 4.33. The summed E-state index contributed by atoms with van der Waals surface area (Å²) in [6, 6.07) is 6.02. The van der Waals surface area contributed by atoms with Crippen LogP contribution in [0.3, 0.4) is 0 Å². The fraction of sp³-hybridized carbons (Fsp3) is 0.308. The van der Waals surface area contributed by atoms with Gasteiger partial charge in [-0.2, -0.15) is 5.10 Å². The highest BCUT2D eigenvalue weighted by atomic mass is 15.2. The maximum absolute atomic E-state index is 5.79. The van der Waals surface area contributed by atoms with Crippen molar-refractivity contribution in [3.05, 3.63) is 41.7 Å². The van der Waals surface area contributed by atoms with Crippen molar-refractivity contribution < 1.29 is 0 Å². The lowest BCUT2D eigenvalue weighted by molar-refractivity contribution is 0.767. The molecule has 0 aliphatic carbocycles. The first-order valence-corrected chi connectivity index (χ1v) is 5.72. The molecule has 0 amide bonds. The minimum absolute atomic E-state index is 0.800. The van der Waals surface area contributed by atoms with E-state index in [-0.39, 0.29) is 0 Å². The normalized spacial score (nSPS) is 10.5. The smallest absolute Gasteiger partial charge is 0.0522 e. The Morgan fingerprint density at radius 1 is 1.35 bits per heavy atom. The van der Waals surface area contributed by atoms with Crippen molar-refractivity contribution in [2.45, 2.75) is 13.3 Å². The summed E-state index contributed by atoms with van der Waals surface area (Å²) < 4.78 is 1.82. The topological polar surface area (TPSA) is 55.9 Å². The Bertz CT molecular complexity index is 482. The summed E-state index contributed by atoms with van der Waals surface area (Å²) in [5.41, 5.74) is 10.1. The first-order valence-electron chi connectivity index (χ1n) is 5.72. The molecular weight excluding hydrogens is 212 g/mol. The zero-order chi connectivity index (χ0) is 12.3. The summed E-state index contributed by atoms with van der Waals surface area (Å²) in [5, 5.41) is 7.51. The third-order valence-electron chi connectivity index (χ3n) is 2.60. The molecule has 0 unspecified atom stereocenters. The van der Waals surface area contributed by atoms with Crippen LogP contribution in [0, 0.1) is 6.92 Å². The Balaban J connectivity index is 1.89. The van der Waals surface area contributed by atoms with E-state index < -0.39 is 0 Å². The Labute approximate surface area is 101 Å². The van der Waals surface area contributed by atoms with Crippen molar-refractivity contribution >= 4 is 11.4 Å². The number of aromatic nitrogens is 2. The van der Waals surface area contributed by atoms with E-state index in [4.69, 9.17) is 5.73 Å². The largest absolute Gasteiger partial charge is 0.399 e. The van der Waals surface area contributed by atoms with Crippen molar-refractivity contribution in [1.82, 2.24) is 9.78 Å². The maximum atomic E-state index is 5.79. The van der Waals surface area contributed by atoms with E-state index in [2.05, 4.69) is 16.5 Å². The number of nitrogen functional groups attached to an aromatic ring is 1. The van der Waals surface area contributed by atoms with Crippen LogP contribution >= 0.6 is 0 Å². The monoisotopic (exact) mass is 230 g/mol. The summed E-state index contributed by atoms with van der Waals surface area (Å²) in [6.07, 6.45) is 4.89. The average Bonchev–Trinajstić information content (AvgIpc) is 2.63. The van der Waals surface area contributed by atoms with Gasteiger partial charge in [0.25, 0.3) is 0 Å². The minimum atomic E-state index is 0.800. The lowest BCUT2D eigenvalue weighted by Crippen LogP contribution is -2.05. The van der Waals surface area contributed by atoms with E-state index in [0.717, 1.165) is 24.3 Å². The third-order valence-corrected chi connectivity index (χ3v) is 2.60. The summed E-state index contributed by atoms with van der Waals surface area (Å²) in [7, 11) is 1.93. The third kappa shape index (κ3) is 3.24. The van der Waals surface area contributed by atoms with E-state index in [9.17, 15) is 0 Å². The number of nitrogens with two attached hydrogens (primary N) is 1. The van der Waals surface area contributed by atoms with Crippen molar-refractivity contribution in [1.29, 1.82) is 0 Å². The molecule has 90 valence electrons. The second kappa shape index (κ2) is 4.91. The average molecular weight is 230 g/mol. The van der Waals surface area contributed by atoms with Crippen LogP contribution in [0.5, 0.6) is 0 Å². The van der Waals surface area contributed by atoms with Gasteiger partial charge in [0, 0.05) is 31.2 Å². The van der Waals surface area contributed by atoms with Gasteiger partial charge in [0.1, 0.15) is 0 Å². The van der Waals surface area contributed by atoms with Crippen molar-refractivity contribution in [2.75, 3.05) is 17.6 Å². The van der Waals surface area contributed by atoms with Crippen LogP contribution in [0.1, 0.15) is 11.1 Å². The Kier molecular flexibility index (Phi) is 3.32. The number of benzene rings is 1. The van der Waals surface area contributed by atoms with E-state index in [1.165, 1.54) is 11.1 Å². The first-order chi connectivity index (χ1) is 8.13. The number of aryl methyl sites for hydroxylation is 2. The molecule has 0 bridgehead atoms. The fourth-order valence-corrected chi connectivity index (χ4v) is 1.87. The molecule has 0 atom stereocenters. The fourth-order valence-electron chi connectivity index (χ4n) is 1.87. The molecule has 1 aromatic carbocycles. The van der Waals surface area contributed by atoms with Gasteiger partial charge >= 0.3 is 0 Å². The highest BCUT2D eigenvalue weighted by molar-refractivity contribution is 5.56. The maximum Gasteiger partial charge on any atom is 0.0522 e. The van der Waals surface area contributed by atoms with Gasteiger partial charge in [-0.1, -0.05) is 0 Å². The predicted octanol–water partition coefficient (Wildman–Crippen LogP) is 1.97. The summed E-state index contributed by atoms with van der Waals surface area (Å²) >= 11 is 0. The van der Waals surface area contributed by atoms with Crippen LogP contribution in [0.4, 0.5) is 11.4 Å². The lowest BCUT2D eigenvalue weighted by Gasteiger charge is -2.07. The van der Waals surface area contributed by atoms with E-state index in [0.29, 0.717) is 0 Å². The van der Waals surface area contributed by atoms with Gasteiger partial charge in [-0.05, 0) is 42.7 Å². The molecule has 0 saturated heterocycles. The van der Waals surface area contributed by atoms with Gasteiger partial charge in [-0.3, -0.25) is 4.68 Å². The van der Waals surface area contributed by atoms with Gasteiger partial charge in [-0.25, -0.2) is 0 Å². The molecule has 1 aromatic heterocycles. The van der Waals surface area contributed by atoms with Gasteiger partial charge in [0.05, 0.1) is 6.20 Å². The van der Waals surface area contributed by atoms with Crippen LogP contribution in [-0.4, -0.2) is 16.3 Å². The molecule has 4 nitrogen and oxygen atoms in total. The Morgan fingerprint density at radius 2 is 2.18 bits per heavy atom. The molecule has 17 heavy (non-hydrogen) atoms. The number of nitrogens with one attached hydrogen (secondary N) is 1. The molecule has 0 radical (unpaired) electrons. The lowest BCUT2D eigenvalue weighted by atomic mass is 10.2. The highest BCUT2D eigenvalue weighted by Gasteiger charge is 1.98. The standard InChI is InChI=1S/C13H18N4/c1-10-5-12(14)7-13(6-10)15-4-3-11-8-16-17(2)9-11/h5-9,15H,3-4,14H2,1-2H3. The van der Waals surface area contributed by atoms with E-state index in [1.54, 1.807) is 0 Å². The molecule has 0 aliphatic rings. The molecule has 1 heterocycles. The number of hydrogen-bond acceptors (Lipinski definition) is 3. The number of nitrogens with zero attached hydrogens (tertiary/aromatic N) is 2. The molecule has 2 rings (SSSR count). The summed E-state index contributed by atoms with van der Waals surface area (Å²) in [4.78, 5) is 0. The zero-order valence-electron chi connectivity index (χ0n) is 10.3. The number of rotatable bonds is 4. The minimum Gasteiger partial charge on any atom is -0.399 e. The molecule has 0 fully saturated rings. The molecule has 2 aromatic rings. The molecule has 4 heteroatoms. The van der Waals surface area contributed by atoms with Gasteiger partial charge in [0.15, 0.2) is 0 Å². The van der Waals surface area contributed by atoms with Gasteiger partial charge in [0.2, 0.25) is 0 Å². The van der Waals surface area contributed by atoms with E-state index in [1.807, 2.05) is 43.2 Å². The molecular formula is C13H18N4. The predicted molar refractivity (Wildman–Crippen MR) is 71.0 cm³/mol. The number of hydrogen-bond donors (Lipinski definition) is 2. The summed E-state index contributed by atoms with van der Waals surface area (Å²) in [6.45, 7) is 2.93. The number of anilines is 2. The highest BCUT2D eigenvalue weighted by Crippen LogP contribution is 2.15. The van der Waals surface area contributed by atoms with Crippen LogP contribution in [0.15, 0.2) is 30.6 Å². The van der Waals surface area contributed by atoms with Crippen molar-refractivity contribution in [3.8, 4) is 0 Å². The Morgan fingerprint density at radius 3 is 2.82 bits per heavy atom. The van der Waals surface area contributed by atoms with Crippen LogP contribution in [-0.2, 0) is 13.5 Å². The molecule has 0 spiro atoms. The molecule has 3 N–H and O–H groups in total. The molecule has 0 aliphatic heterocycles. The van der Waals surface area contributed by atoms with Crippen LogP contribution < -0.4 is 11.1 Å². The quantitative estimate of drug-likeness (QED) is 0.789. The molecule has 0 saturated carbocycles. The van der Waals surface area contributed by atoms with Gasteiger partial charge < -0.3 is 11.1 Å². The zero-order valence-corrected chi connectivity index (χ0v) is 10.3.